The number of carbonyl (C=O) groups excluding carboxylic acids is 3. The number of aromatic nitrogens is 2. The van der Waals surface area contributed by atoms with Gasteiger partial charge in [-0.2, -0.15) is 5.10 Å². The molecule has 0 unspecified atom stereocenters. The zero-order valence-electron chi connectivity index (χ0n) is 23.8. The van der Waals surface area contributed by atoms with Crippen molar-refractivity contribution in [1.82, 2.24) is 9.78 Å². The summed E-state index contributed by atoms with van der Waals surface area (Å²) >= 11 is 0. The van der Waals surface area contributed by atoms with Gasteiger partial charge in [0.05, 0.1) is 19.1 Å². The third-order valence-electron chi connectivity index (χ3n) is 7.75. The Kier molecular flexibility index (Phi) is 7.14. The molecule has 3 amide bonds. The number of benzene rings is 2. The summed E-state index contributed by atoms with van der Waals surface area (Å²) in [6.07, 6.45) is -1.49. The Balaban J connectivity index is 1.71. The number of methoxy groups -OCH3 is 1. The Hall–Kier alpha value is -5.34. The monoisotopic (exact) mass is 683 g/mol. The van der Waals surface area contributed by atoms with Crippen LogP contribution in [-0.2, 0) is 10.6 Å². The molecule has 23 heteroatoms. The van der Waals surface area contributed by atoms with Gasteiger partial charge in [-0.05, 0) is 24.3 Å². The number of aliphatic hydroxyl groups is 10. The number of nitrogens with two attached hydrogens (primary N) is 1. The van der Waals surface area contributed by atoms with Gasteiger partial charge in [0.2, 0.25) is 28.9 Å². The number of primary amides is 1. The quantitative estimate of drug-likeness (QED) is 0.0675. The average Bonchev–Trinajstić information content (AvgIpc) is 3.37. The first-order chi connectivity index (χ1) is 21.9. The summed E-state index contributed by atoms with van der Waals surface area (Å²) in [5, 5.41) is 150. The zero-order chi connectivity index (χ0) is 36.3. The summed E-state index contributed by atoms with van der Waals surface area (Å²) in [7, 11) is 0.910. The fourth-order valence-electron chi connectivity index (χ4n) is 5.29. The van der Waals surface area contributed by atoms with Gasteiger partial charge < -0.3 is 82.0 Å². The third-order valence-corrected chi connectivity index (χ3v) is 7.75. The van der Waals surface area contributed by atoms with Gasteiger partial charge in [0.15, 0.2) is 22.9 Å². The van der Waals surface area contributed by atoms with E-state index in [4.69, 9.17) is 5.73 Å². The zero-order valence-corrected chi connectivity index (χ0v) is 23.8. The van der Waals surface area contributed by atoms with Crippen molar-refractivity contribution in [1.29, 1.82) is 0 Å². The summed E-state index contributed by atoms with van der Waals surface area (Å²) < 4.78 is 4.77. The lowest BCUT2D eigenvalue weighted by Crippen LogP contribution is -2.79. The number of amides is 3. The van der Waals surface area contributed by atoms with Crippen LogP contribution in [0.15, 0.2) is 24.3 Å². The number of hydrogen-bond acceptors (Lipinski definition) is 19. The number of aromatic hydroxyl groups is 4. The minimum Gasteiger partial charge on any atom is -0.503 e. The Morgan fingerprint density at radius 3 is 1.73 bits per heavy atom. The van der Waals surface area contributed by atoms with E-state index in [-0.39, 0.29) is 14.5 Å². The molecule has 1 fully saturated rings. The topological polar surface area (TPSA) is 394 Å². The molecule has 0 radical (unpaired) electrons. The van der Waals surface area contributed by atoms with Gasteiger partial charge in [-0.1, -0.05) is 0 Å². The van der Waals surface area contributed by atoms with Crippen molar-refractivity contribution >= 4 is 29.1 Å². The molecule has 0 spiro atoms. The SMILES string of the molecule is COc1c(O)c(O)c(-n2nc(C(N)=O)c3c2C(=O)N(c2ccc(N4C(=O)CC(O)(O)C(O)(O)C4(O)O)cc2)C(O)(O)C3(O)O)c(O)c1O. The Bertz CT molecular complexity index is 1870. The van der Waals surface area contributed by atoms with E-state index in [1.165, 1.54) is 0 Å². The normalized spacial score (nSPS) is 20.4. The lowest BCUT2D eigenvalue weighted by molar-refractivity contribution is -0.455. The molecule has 5 rings (SSSR count). The summed E-state index contributed by atoms with van der Waals surface area (Å²) in [4.78, 5) is 38.5. The first kappa shape index (κ1) is 34.0. The molecule has 0 aliphatic carbocycles. The van der Waals surface area contributed by atoms with Crippen molar-refractivity contribution in [2.75, 3.05) is 16.9 Å². The van der Waals surface area contributed by atoms with Crippen LogP contribution in [0.2, 0.25) is 0 Å². The number of nitrogens with zero attached hydrogens (tertiary/aromatic N) is 4. The van der Waals surface area contributed by atoms with Crippen LogP contribution < -0.4 is 20.3 Å². The molecule has 2 aromatic carbocycles. The predicted octanol–water partition coefficient (Wildman–Crippen LogP) is -6.02. The van der Waals surface area contributed by atoms with E-state index in [1.54, 1.807) is 0 Å². The third kappa shape index (κ3) is 4.12. The molecule has 48 heavy (non-hydrogen) atoms. The van der Waals surface area contributed by atoms with Crippen LogP contribution in [0.25, 0.3) is 5.69 Å². The fourth-order valence-corrected chi connectivity index (χ4v) is 5.29. The fraction of sp³-hybridized carbons (Fsp3) is 0.280. The maximum atomic E-state index is 14.0. The molecule has 16 N–H and O–H groups in total. The molecule has 2 aliphatic heterocycles. The average molecular weight is 683 g/mol. The molecule has 1 saturated heterocycles. The van der Waals surface area contributed by atoms with Gasteiger partial charge >= 0.3 is 11.8 Å². The second kappa shape index (κ2) is 10.1. The number of phenolic OH excluding ortho intramolecular Hbond substituents is 4. The maximum Gasteiger partial charge on any atom is 0.316 e. The minimum atomic E-state index is -4.18. The minimum absolute atomic E-state index is 0.0928. The summed E-state index contributed by atoms with van der Waals surface area (Å²) in [6, 6.07) is 2.77. The molecular weight excluding hydrogens is 658 g/mol. The van der Waals surface area contributed by atoms with Crippen molar-refractivity contribution in [2.45, 2.75) is 35.6 Å². The van der Waals surface area contributed by atoms with E-state index >= 15 is 0 Å². The first-order valence-electron chi connectivity index (χ1n) is 12.9. The molecule has 0 saturated carbocycles. The summed E-state index contributed by atoms with van der Waals surface area (Å²) in [6.45, 7) is 0. The van der Waals surface area contributed by atoms with Gasteiger partial charge in [-0.25, -0.2) is 9.58 Å². The molecule has 3 heterocycles. The van der Waals surface area contributed by atoms with Crippen molar-refractivity contribution in [2.24, 2.45) is 5.73 Å². The highest BCUT2D eigenvalue weighted by molar-refractivity contribution is 6.11. The summed E-state index contributed by atoms with van der Waals surface area (Å²) in [5.74, 6) is -31.4. The van der Waals surface area contributed by atoms with Crippen LogP contribution >= 0.6 is 0 Å². The van der Waals surface area contributed by atoms with Gasteiger partial charge in [0, 0.05) is 11.4 Å². The number of anilines is 2. The van der Waals surface area contributed by atoms with E-state index in [2.05, 4.69) is 9.84 Å². The second-order valence-electron chi connectivity index (χ2n) is 10.6. The van der Waals surface area contributed by atoms with Crippen molar-refractivity contribution in [3.05, 3.63) is 41.2 Å². The van der Waals surface area contributed by atoms with E-state index in [9.17, 15) is 85.9 Å². The number of ether oxygens (including phenoxy) is 1. The number of fused-ring (bicyclic) bond motifs is 1. The van der Waals surface area contributed by atoms with Crippen LogP contribution in [0.3, 0.4) is 0 Å². The molecule has 0 atom stereocenters. The highest BCUT2D eigenvalue weighted by atomic mass is 16.7. The molecule has 258 valence electrons. The van der Waals surface area contributed by atoms with Gasteiger partial charge in [-0.15, -0.1) is 0 Å². The van der Waals surface area contributed by atoms with Crippen LogP contribution in [-0.4, -0.2) is 129 Å². The van der Waals surface area contributed by atoms with Gasteiger partial charge in [0.1, 0.15) is 5.69 Å². The van der Waals surface area contributed by atoms with Crippen molar-refractivity contribution < 1.29 is 90.6 Å². The van der Waals surface area contributed by atoms with Gasteiger partial charge in [-0.3, -0.25) is 19.3 Å². The molecule has 0 bridgehead atoms. The van der Waals surface area contributed by atoms with Crippen LogP contribution in [0.5, 0.6) is 28.7 Å². The predicted molar refractivity (Wildman–Crippen MR) is 145 cm³/mol. The number of carbonyl (C=O) groups is 3. The number of hydrogen-bond donors (Lipinski definition) is 15. The highest BCUT2D eigenvalue weighted by Crippen LogP contribution is 2.54. The Morgan fingerprint density at radius 1 is 0.792 bits per heavy atom. The Morgan fingerprint density at radius 2 is 1.27 bits per heavy atom. The second-order valence-corrected chi connectivity index (χ2v) is 10.6. The largest absolute Gasteiger partial charge is 0.503 e. The van der Waals surface area contributed by atoms with E-state index in [1.807, 2.05) is 0 Å². The van der Waals surface area contributed by atoms with Gasteiger partial charge in [0.25, 0.3) is 23.4 Å². The lowest BCUT2D eigenvalue weighted by atomic mass is 9.91. The molecule has 1 aromatic heterocycles. The molecular formula is C25H25N5O18. The smallest absolute Gasteiger partial charge is 0.316 e. The summed E-state index contributed by atoms with van der Waals surface area (Å²) in [5.41, 5.74) is -1.27. The maximum absolute atomic E-state index is 14.0. The number of piperidine rings is 1. The number of phenols is 4. The molecule has 2 aliphatic rings. The van der Waals surface area contributed by atoms with Crippen molar-refractivity contribution in [3.63, 3.8) is 0 Å². The first-order valence-corrected chi connectivity index (χ1v) is 12.9. The van der Waals surface area contributed by atoms with Crippen LogP contribution in [0.4, 0.5) is 11.4 Å². The van der Waals surface area contributed by atoms with Crippen LogP contribution in [0, 0.1) is 0 Å². The van der Waals surface area contributed by atoms with E-state index in [0.29, 0.717) is 24.3 Å². The van der Waals surface area contributed by atoms with E-state index < -0.39 is 116 Å². The van der Waals surface area contributed by atoms with E-state index in [0.717, 1.165) is 7.11 Å². The molecule has 23 nitrogen and oxygen atoms in total. The van der Waals surface area contributed by atoms with Crippen molar-refractivity contribution in [3.8, 4) is 34.4 Å². The lowest BCUT2D eigenvalue weighted by Gasteiger charge is -2.51. The number of rotatable bonds is 5. The highest BCUT2D eigenvalue weighted by Gasteiger charge is 2.70. The standard InChI is InChI=1S/C25H25N5O18/c1-48-18-16(34)14(32)13(15(33)17(18)35)30-12-10(11(27-30)19(26)36)22(40,41)24(44,45)29(20(12)37)8-4-2-7(3-5-8)28-9(31)6-21(38,39)23(42,43)25(28,46)47/h2-5,32-35,38-47H,6H2,1H3,(H2,26,36). The molecule has 3 aromatic rings. The Labute approximate surface area is 263 Å². The van der Waals surface area contributed by atoms with Crippen LogP contribution in [0.1, 0.15) is 33.0 Å².